The van der Waals surface area contributed by atoms with Crippen LogP contribution in [0.3, 0.4) is 0 Å². The Kier molecular flexibility index (Phi) is 9.94. The van der Waals surface area contributed by atoms with Crippen LogP contribution in [0.25, 0.3) is 0 Å². The minimum absolute atomic E-state index is 0.0168. The van der Waals surface area contributed by atoms with Crippen molar-refractivity contribution in [2.75, 3.05) is 19.7 Å². The van der Waals surface area contributed by atoms with E-state index in [-0.39, 0.29) is 30.7 Å². The summed E-state index contributed by atoms with van der Waals surface area (Å²) in [5.74, 6) is -0.194. The summed E-state index contributed by atoms with van der Waals surface area (Å²) in [4.78, 5) is 29.0. The van der Waals surface area contributed by atoms with E-state index < -0.39 is 23.3 Å². The number of urea groups is 1. The molecule has 0 saturated carbocycles. The lowest BCUT2D eigenvalue weighted by Crippen LogP contribution is -2.51. The molecule has 208 valence electrons. The largest absolute Gasteiger partial charge is 0.493 e. The van der Waals surface area contributed by atoms with Crippen molar-refractivity contribution in [3.8, 4) is 5.75 Å². The fraction of sp³-hybridized carbons (Fsp3) is 0.517. The molecule has 3 rings (SSSR count). The molecule has 1 heterocycles. The van der Waals surface area contributed by atoms with Gasteiger partial charge in [0.05, 0.1) is 13.2 Å². The molecule has 2 aromatic rings. The molecule has 1 fully saturated rings. The first-order chi connectivity index (χ1) is 17.9. The number of nitrogens with zero attached hydrogens (tertiary/aromatic N) is 2. The summed E-state index contributed by atoms with van der Waals surface area (Å²) < 4.78 is 39.1. The molecule has 38 heavy (non-hydrogen) atoms. The lowest BCUT2D eigenvalue weighted by molar-refractivity contribution is 0.0160. The van der Waals surface area contributed by atoms with Crippen LogP contribution in [0.1, 0.15) is 58.6 Å². The highest BCUT2D eigenvalue weighted by Crippen LogP contribution is 2.23. The fourth-order valence-electron chi connectivity index (χ4n) is 4.13. The molecular formula is C29H39F2N3O4. The number of nitrogens with one attached hydrogen (secondary N) is 1. The molecule has 0 atom stereocenters. The third-order valence-electron chi connectivity index (χ3n) is 6.12. The summed E-state index contributed by atoms with van der Waals surface area (Å²) in [6.07, 6.45) is 0.631. The third kappa shape index (κ3) is 8.89. The SMILES string of the molecule is CC(C)COc1ccc(CNC(=O)N(Cc2ccc(F)cc2F)C2CCN(C(=O)OC(C)(C)C)CC2)cc1. The Balaban J connectivity index is 1.66. The van der Waals surface area contributed by atoms with E-state index in [4.69, 9.17) is 9.47 Å². The normalized spacial score (nSPS) is 14.4. The molecule has 0 unspecified atom stereocenters. The highest BCUT2D eigenvalue weighted by molar-refractivity contribution is 5.75. The Labute approximate surface area is 224 Å². The monoisotopic (exact) mass is 531 g/mol. The average Bonchev–Trinajstić information content (AvgIpc) is 2.85. The molecule has 0 aromatic heterocycles. The van der Waals surface area contributed by atoms with Crippen molar-refractivity contribution in [1.29, 1.82) is 0 Å². The molecule has 2 aromatic carbocycles. The number of amides is 3. The summed E-state index contributed by atoms with van der Waals surface area (Å²) in [5.41, 5.74) is 0.518. The van der Waals surface area contributed by atoms with E-state index in [0.29, 0.717) is 38.5 Å². The number of rotatable bonds is 8. The molecule has 9 heteroatoms. The van der Waals surface area contributed by atoms with Crippen molar-refractivity contribution in [3.63, 3.8) is 0 Å². The van der Waals surface area contributed by atoms with Gasteiger partial charge in [0, 0.05) is 37.3 Å². The molecule has 0 bridgehead atoms. The molecular weight excluding hydrogens is 492 g/mol. The Hall–Kier alpha value is -3.36. The summed E-state index contributed by atoms with van der Waals surface area (Å²) in [6.45, 7) is 11.3. The summed E-state index contributed by atoms with van der Waals surface area (Å²) in [7, 11) is 0. The molecule has 7 nitrogen and oxygen atoms in total. The predicted molar refractivity (Wildman–Crippen MR) is 142 cm³/mol. The first kappa shape index (κ1) is 29.2. The number of halogens is 2. The molecule has 0 spiro atoms. The smallest absolute Gasteiger partial charge is 0.410 e. The molecule has 1 aliphatic rings. The number of likely N-dealkylation sites (tertiary alicyclic amines) is 1. The zero-order chi connectivity index (χ0) is 27.9. The van der Waals surface area contributed by atoms with E-state index in [1.165, 1.54) is 12.1 Å². The Morgan fingerprint density at radius 1 is 1.08 bits per heavy atom. The van der Waals surface area contributed by atoms with E-state index in [1.54, 1.807) is 9.80 Å². The number of piperidine rings is 1. The van der Waals surface area contributed by atoms with Crippen LogP contribution in [0, 0.1) is 17.6 Å². The van der Waals surface area contributed by atoms with Crippen LogP contribution < -0.4 is 10.1 Å². The van der Waals surface area contributed by atoms with Gasteiger partial charge in [0.1, 0.15) is 23.0 Å². The van der Waals surface area contributed by atoms with Crippen LogP contribution in [-0.2, 0) is 17.8 Å². The van der Waals surface area contributed by atoms with Gasteiger partial charge in [0.15, 0.2) is 0 Å². The number of benzene rings is 2. The second-order valence-electron chi connectivity index (χ2n) is 11.1. The number of carbonyl (C=O) groups excluding carboxylic acids is 2. The van der Waals surface area contributed by atoms with Gasteiger partial charge in [0.2, 0.25) is 0 Å². The number of ether oxygens (including phenoxy) is 2. The van der Waals surface area contributed by atoms with E-state index >= 15 is 0 Å². The van der Waals surface area contributed by atoms with Gasteiger partial charge in [-0.25, -0.2) is 18.4 Å². The highest BCUT2D eigenvalue weighted by Gasteiger charge is 2.32. The molecule has 0 aliphatic carbocycles. The standard InChI is InChI=1S/C29H39F2N3O4/c1-20(2)19-37-25-10-6-21(7-11-25)17-32-27(35)34(18-22-8-9-23(30)16-26(22)31)24-12-14-33(15-13-24)28(36)38-29(3,4)5/h6-11,16,20,24H,12-15,17-19H2,1-5H3,(H,32,35). The third-order valence-corrected chi connectivity index (χ3v) is 6.12. The Morgan fingerprint density at radius 3 is 2.32 bits per heavy atom. The van der Waals surface area contributed by atoms with E-state index in [0.717, 1.165) is 17.4 Å². The van der Waals surface area contributed by atoms with E-state index in [1.807, 2.05) is 45.0 Å². The van der Waals surface area contributed by atoms with E-state index in [2.05, 4.69) is 19.2 Å². The molecule has 1 aliphatic heterocycles. The minimum atomic E-state index is -0.703. The van der Waals surface area contributed by atoms with Crippen molar-refractivity contribution in [2.24, 2.45) is 5.92 Å². The second kappa shape index (κ2) is 12.9. The zero-order valence-electron chi connectivity index (χ0n) is 22.9. The molecule has 1 N–H and O–H groups in total. The van der Waals surface area contributed by atoms with Crippen molar-refractivity contribution in [3.05, 3.63) is 65.2 Å². The molecule has 1 saturated heterocycles. The summed E-state index contributed by atoms with van der Waals surface area (Å²) in [5, 5.41) is 2.93. The number of carbonyl (C=O) groups is 2. The maximum atomic E-state index is 14.5. The van der Waals surface area contributed by atoms with E-state index in [9.17, 15) is 18.4 Å². The average molecular weight is 532 g/mol. The van der Waals surface area contributed by atoms with Crippen LogP contribution in [0.2, 0.25) is 0 Å². The fourth-order valence-corrected chi connectivity index (χ4v) is 4.13. The van der Waals surface area contributed by atoms with Gasteiger partial charge in [-0.15, -0.1) is 0 Å². The van der Waals surface area contributed by atoms with Gasteiger partial charge in [0.25, 0.3) is 0 Å². The maximum Gasteiger partial charge on any atom is 0.410 e. The van der Waals surface area contributed by atoms with Crippen LogP contribution >= 0.6 is 0 Å². The van der Waals surface area contributed by atoms with Gasteiger partial charge < -0.3 is 24.6 Å². The zero-order valence-corrected chi connectivity index (χ0v) is 22.9. The summed E-state index contributed by atoms with van der Waals surface area (Å²) in [6, 6.07) is 10.3. The second-order valence-corrected chi connectivity index (χ2v) is 11.1. The first-order valence-electron chi connectivity index (χ1n) is 13.1. The maximum absolute atomic E-state index is 14.5. The van der Waals surface area contributed by atoms with Crippen molar-refractivity contribution >= 4 is 12.1 Å². The van der Waals surface area contributed by atoms with Crippen molar-refractivity contribution in [1.82, 2.24) is 15.1 Å². The van der Waals surface area contributed by atoms with Crippen LogP contribution in [0.15, 0.2) is 42.5 Å². The topological polar surface area (TPSA) is 71.1 Å². The predicted octanol–water partition coefficient (Wildman–Crippen LogP) is 6.11. The number of hydrogen-bond acceptors (Lipinski definition) is 4. The molecule has 3 amide bonds. The van der Waals surface area contributed by atoms with Gasteiger partial charge in [-0.05, 0) is 63.3 Å². The highest BCUT2D eigenvalue weighted by atomic mass is 19.1. The Morgan fingerprint density at radius 2 is 1.74 bits per heavy atom. The lowest BCUT2D eigenvalue weighted by Gasteiger charge is -2.39. The van der Waals surface area contributed by atoms with Gasteiger partial charge in [-0.2, -0.15) is 0 Å². The summed E-state index contributed by atoms with van der Waals surface area (Å²) >= 11 is 0. The van der Waals surface area contributed by atoms with Crippen molar-refractivity contribution in [2.45, 2.75) is 72.2 Å². The van der Waals surface area contributed by atoms with Gasteiger partial charge in [-0.3, -0.25) is 0 Å². The Bertz CT molecular complexity index is 1080. The lowest BCUT2D eigenvalue weighted by atomic mass is 10.0. The van der Waals surface area contributed by atoms with Crippen LogP contribution in [0.4, 0.5) is 18.4 Å². The van der Waals surface area contributed by atoms with Crippen molar-refractivity contribution < 1.29 is 27.8 Å². The van der Waals surface area contributed by atoms with Crippen LogP contribution in [0.5, 0.6) is 5.75 Å². The first-order valence-corrected chi connectivity index (χ1v) is 13.1. The van der Waals surface area contributed by atoms with Gasteiger partial charge in [-0.1, -0.05) is 32.0 Å². The minimum Gasteiger partial charge on any atom is -0.493 e. The molecule has 0 radical (unpaired) electrons. The van der Waals surface area contributed by atoms with Gasteiger partial charge >= 0.3 is 12.1 Å². The number of hydrogen-bond donors (Lipinski definition) is 1. The van der Waals surface area contributed by atoms with Crippen LogP contribution in [-0.4, -0.2) is 53.3 Å². The quantitative estimate of drug-likeness (QED) is 0.446.